The highest BCUT2D eigenvalue weighted by Crippen LogP contribution is 2.41. The second kappa shape index (κ2) is 7.44. The Balaban J connectivity index is 2.09. The summed E-state index contributed by atoms with van der Waals surface area (Å²) in [6.45, 7) is 4.00. The topological polar surface area (TPSA) is 111 Å². The van der Waals surface area contributed by atoms with Crippen LogP contribution in [0.1, 0.15) is 15.9 Å². The summed E-state index contributed by atoms with van der Waals surface area (Å²) in [6.07, 6.45) is 3.34. The van der Waals surface area contributed by atoms with Gasteiger partial charge in [0.05, 0.1) is 17.1 Å². The summed E-state index contributed by atoms with van der Waals surface area (Å²) in [4.78, 5) is 23.9. The van der Waals surface area contributed by atoms with Gasteiger partial charge in [-0.25, -0.2) is 9.97 Å². The standard InChI is InChI=1S/C23H19N5O/c1-2-15-19(16-10-6-7-11-17(16)22(24)29)20(14-8-4-3-5-9-14)28-21(15)18-12-13-26-23(25)27-18/h2-13,28H,1H2,(H2,24,29)(H2,25,26,27). The van der Waals surface area contributed by atoms with E-state index in [1.165, 1.54) is 0 Å². The average molecular weight is 381 g/mol. The fourth-order valence-corrected chi connectivity index (χ4v) is 3.45. The largest absolute Gasteiger partial charge is 0.368 e. The van der Waals surface area contributed by atoms with Crippen LogP contribution in [-0.2, 0) is 0 Å². The lowest BCUT2D eigenvalue weighted by Crippen LogP contribution is -2.12. The maximum absolute atomic E-state index is 12.1. The van der Waals surface area contributed by atoms with Gasteiger partial charge in [0.2, 0.25) is 11.9 Å². The first-order chi connectivity index (χ1) is 14.1. The van der Waals surface area contributed by atoms with Gasteiger partial charge < -0.3 is 16.5 Å². The van der Waals surface area contributed by atoms with E-state index in [4.69, 9.17) is 11.5 Å². The first kappa shape index (κ1) is 18.2. The lowest BCUT2D eigenvalue weighted by atomic mass is 9.92. The van der Waals surface area contributed by atoms with Crippen molar-refractivity contribution in [3.63, 3.8) is 0 Å². The van der Waals surface area contributed by atoms with Crippen LogP contribution in [0.4, 0.5) is 5.95 Å². The van der Waals surface area contributed by atoms with Gasteiger partial charge in [-0.1, -0.05) is 61.2 Å². The first-order valence-electron chi connectivity index (χ1n) is 9.02. The van der Waals surface area contributed by atoms with Crippen molar-refractivity contribution < 1.29 is 4.79 Å². The molecule has 6 heteroatoms. The monoisotopic (exact) mass is 381 g/mol. The SMILES string of the molecule is C=Cc1c(-c2ccnc(N)n2)[nH]c(-c2ccccc2)c1-c1ccccc1C(N)=O. The fraction of sp³-hybridized carbons (Fsp3) is 0. The van der Waals surface area contributed by atoms with Gasteiger partial charge in [0.25, 0.3) is 0 Å². The molecule has 2 aromatic carbocycles. The number of carbonyl (C=O) groups excluding carboxylic acids is 1. The summed E-state index contributed by atoms with van der Waals surface area (Å²) in [5, 5.41) is 0. The Hall–Kier alpha value is -4.19. The molecule has 0 aliphatic heterocycles. The van der Waals surface area contributed by atoms with Crippen molar-refractivity contribution in [1.82, 2.24) is 15.0 Å². The number of hydrogen-bond acceptors (Lipinski definition) is 4. The van der Waals surface area contributed by atoms with E-state index < -0.39 is 5.91 Å². The third-order valence-corrected chi connectivity index (χ3v) is 4.70. The van der Waals surface area contributed by atoms with Crippen LogP contribution in [0.5, 0.6) is 0 Å². The molecule has 0 saturated heterocycles. The average Bonchev–Trinajstić information content (AvgIpc) is 3.14. The Morgan fingerprint density at radius 2 is 1.72 bits per heavy atom. The number of aromatic amines is 1. The maximum atomic E-state index is 12.1. The molecule has 4 rings (SSSR count). The molecule has 0 fully saturated rings. The second-order valence-electron chi connectivity index (χ2n) is 6.44. The molecule has 0 aliphatic carbocycles. The zero-order chi connectivity index (χ0) is 20.4. The van der Waals surface area contributed by atoms with E-state index in [9.17, 15) is 4.79 Å². The normalized spacial score (nSPS) is 10.6. The summed E-state index contributed by atoms with van der Waals surface area (Å²) in [5.41, 5.74) is 17.4. The fourth-order valence-electron chi connectivity index (χ4n) is 3.45. The molecule has 5 N–H and O–H groups in total. The third-order valence-electron chi connectivity index (χ3n) is 4.70. The zero-order valence-corrected chi connectivity index (χ0v) is 15.6. The molecule has 0 atom stereocenters. The molecule has 4 aromatic rings. The molecule has 0 aliphatic rings. The van der Waals surface area contributed by atoms with Crippen LogP contribution in [0.2, 0.25) is 0 Å². The summed E-state index contributed by atoms with van der Waals surface area (Å²) in [6, 6.07) is 18.9. The van der Waals surface area contributed by atoms with Gasteiger partial charge in [0, 0.05) is 22.9 Å². The van der Waals surface area contributed by atoms with Crippen molar-refractivity contribution in [2.24, 2.45) is 5.73 Å². The van der Waals surface area contributed by atoms with Crippen molar-refractivity contribution in [3.8, 4) is 33.8 Å². The van der Waals surface area contributed by atoms with Crippen LogP contribution in [0, 0.1) is 0 Å². The Labute approximate surface area is 167 Å². The number of nitrogens with two attached hydrogens (primary N) is 2. The van der Waals surface area contributed by atoms with Gasteiger partial charge in [0.1, 0.15) is 0 Å². The predicted octanol–water partition coefficient (Wildman–Crippen LogP) is 4.13. The number of carbonyl (C=O) groups is 1. The van der Waals surface area contributed by atoms with Gasteiger partial charge in [-0.15, -0.1) is 0 Å². The number of nitrogens with one attached hydrogen (secondary N) is 1. The summed E-state index contributed by atoms with van der Waals surface area (Å²) >= 11 is 0. The summed E-state index contributed by atoms with van der Waals surface area (Å²) in [5.74, 6) is -0.323. The number of rotatable bonds is 5. The second-order valence-corrected chi connectivity index (χ2v) is 6.44. The van der Waals surface area contributed by atoms with E-state index in [1.807, 2.05) is 42.5 Å². The Morgan fingerprint density at radius 3 is 2.41 bits per heavy atom. The molecule has 0 saturated carbocycles. The number of anilines is 1. The highest BCUT2D eigenvalue weighted by molar-refractivity contribution is 6.04. The quantitative estimate of drug-likeness (QED) is 0.483. The van der Waals surface area contributed by atoms with Crippen molar-refractivity contribution in [1.29, 1.82) is 0 Å². The number of benzene rings is 2. The molecule has 6 nitrogen and oxygen atoms in total. The minimum absolute atomic E-state index is 0.174. The highest BCUT2D eigenvalue weighted by atomic mass is 16.1. The number of hydrogen-bond donors (Lipinski definition) is 3. The molecule has 0 radical (unpaired) electrons. The zero-order valence-electron chi connectivity index (χ0n) is 15.6. The number of H-pyrrole nitrogens is 1. The lowest BCUT2D eigenvalue weighted by molar-refractivity contribution is 0.100. The number of nitrogen functional groups attached to an aromatic ring is 1. The van der Waals surface area contributed by atoms with Gasteiger partial charge >= 0.3 is 0 Å². The number of amides is 1. The van der Waals surface area contributed by atoms with Gasteiger partial charge in [-0.05, 0) is 23.3 Å². The van der Waals surface area contributed by atoms with Crippen molar-refractivity contribution >= 4 is 17.9 Å². The van der Waals surface area contributed by atoms with E-state index >= 15 is 0 Å². The minimum Gasteiger partial charge on any atom is -0.368 e. The smallest absolute Gasteiger partial charge is 0.249 e. The number of aromatic nitrogens is 3. The summed E-state index contributed by atoms with van der Waals surface area (Å²) in [7, 11) is 0. The molecule has 0 spiro atoms. The number of primary amides is 1. The van der Waals surface area contributed by atoms with Crippen molar-refractivity contribution in [3.05, 3.63) is 84.6 Å². The van der Waals surface area contributed by atoms with Gasteiger partial charge in [0.15, 0.2) is 0 Å². The molecule has 142 valence electrons. The highest BCUT2D eigenvalue weighted by Gasteiger charge is 2.23. The van der Waals surface area contributed by atoms with Crippen molar-refractivity contribution in [2.75, 3.05) is 5.73 Å². The molecule has 2 heterocycles. The molecular formula is C23H19N5O. The van der Waals surface area contributed by atoms with Gasteiger partial charge in [-0.3, -0.25) is 4.79 Å². The molecule has 0 bridgehead atoms. The molecular weight excluding hydrogens is 362 g/mol. The van der Waals surface area contributed by atoms with Crippen LogP contribution in [-0.4, -0.2) is 20.9 Å². The van der Waals surface area contributed by atoms with E-state index in [0.717, 1.165) is 33.6 Å². The molecule has 2 aromatic heterocycles. The molecule has 1 amide bonds. The third kappa shape index (κ3) is 3.27. The van der Waals surface area contributed by atoms with Crippen molar-refractivity contribution in [2.45, 2.75) is 0 Å². The molecule has 29 heavy (non-hydrogen) atoms. The predicted molar refractivity (Wildman–Crippen MR) is 116 cm³/mol. The Bertz CT molecular complexity index is 1210. The van der Waals surface area contributed by atoms with Crippen LogP contribution in [0.3, 0.4) is 0 Å². The van der Waals surface area contributed by atoms with Crippen LogP contribution >= 0.6 is 0 Å². The Kier molecular flexibility index (Phi) is 4.66. The van der Waals surface area contributed by atoms with E-state index in [2.05, 4.69) is 21.5 Å². The van der Waals surface area contributed by atoms with Crippen LogP contribution in [0.25, 0.3) is 39.8 Å². The van der Waals surface area contributed by atoms with Crippen LogP contribution in [0.15, 0.2) is 73.4 Å². The lowest BCUT2D eigenvalue weighted by Gasteiger charge is -2.10. The van der Waals surface area contributed by atoms with E-state index in [0.29, 0.717) is 11.3 Å². The Morgan fingerprint density at radius 1 is 1.00 bits per heavy atom. The maximum Gasteiger partial charge on any atom is 0.249 e. The van der Waals surface area contributed by atoms with E-state index in [-0.39, 0.29) is 5.95 Å². The van der Waals surface area contributed by atoms with Crippen LogP contribution < -0.4 is 11.5 Å². The number of nitrogens with zero attached hydrogens (tertiary/aromatic N) is 2. The first-order valence-corrected chi connectivity index (χ1v) is 9.02. The molecule has 0 unspecified atom stereocenters. The van der Waals surface area contributed by atoms with E-state index in [1.54, 1.807) is 30.5 Å². The van der Waals surface area contributed by atoms with Gasteiger partial charge in [-0.2, -0.15) is 0 Å². The minimum atomic E-state index is -0.497. The summed E-state index contributed by atoms with van der Waals surface area (Å²) < 4.78 is 0.